The molecule has 0 unspecified atom stereocenters. The van der Waals surface area contributed by atoms with Crippen LogP contribution in [0, 0.1) is 11.7 Å². The predicted molar refractivity (Wildman–Crippen MR) is 89.7 cm³/mol. The van der Waals surface area contributed by atoms with E-state index in [4.69, 9.17) is 4.52 Å². The molecule has 1 aromatic heterocycles. The van der Waals surface area contributed by atoms with E-state index in [2.05, 4.69) is 24.3 Å². The van der Waals surface area contributed by atoms with Crippen LogP contribution in [0.3, 0.4) is 0 Å². The van der Waals surface area contributed by atoms with Gasteiger partial charge in [0.15, 0.2) is 5.76 Å². The molecule has 1 aromatic carbocycles. The molecule has 2 rings (SSSR count). The number of benzene rings is 1. The Morgan fingerprint density at radius 2 is 2.04 bits per heavy atom. The normalized spacial score (nSPS) is 12.6. The van der Waals surface area contributed by atoms with Crippen molar-refractivity contribution in [2.75, 3.05) is 14.1 Å². The predicted octanol–water partition coefficient (Wildman–Crippen LogP) is 2.93. The van der Waals surface area contributed by atoms with Crippen LogP contribution in [0.1, 0.15) is 36.9 Å². The maximum atomic E-state index is 14.0. The van der Waals surface area contributed by atoms with Crippen LogP contribution < -0.4 is 5.32 Å². The second-order valence-electron chi connectivity index (χ2n) is 6.49. The van der Waals surface area contributed by atoms with E-state index in [1.54, 1.807) is 37.2 Å². The number of hydrogen-bond donors (Lipinski definition) is 1. The van der Waals surface area contributed by atoms with Crippen molar-refractivity contribution in [2.45, 2.75) is 32.9 Å². The summed E-state index contributed by atoms with van der Waals surface area (Å²) in [5, 5.41) is 6.78. The van der Waals surface area contributed by atoms with Crippen molar-refractivity contribution in [1.29, 1.82) is 0 Å². The maximum Gasteiger partial charge on any atom is 0.242 e. The lowest BCUT2D eigenvalue weighted by Gasteiger charge is -2.23. The Kier molecular flexibility index (Phi) is 6.09. The van der Waals surface area contributed by atoms with Gasteiger partial charge in [0.05, 0.1) is 12.2 Å². The third-order valence-corrected chi connectivity index (χ3v) is 3.63. The van der Waals surface area contributed by atoms with Crippen LogP contribution in [0.15, 0.2) is 34.9 Å². The Morgan fingerprint density at radius 1 is 1.33 bits per heavy atom. The minimum absolute atomic E-state index is 0.225. The van der Waals surface area contributed by atoms with E-state index in [1.165, 1.54) is 6.07 Å². The first-order valence-corrected chi connectivity index (χ1v) is 8.01. The van der Waals surface area contributed by atoms with Gasteiger partial charge in [-0.3, -0.25) is 9.69 Å². The topological polar surface area (TPSA) is 58.4 Å². The van der Waals surface area contributed by atoms with E-state index >= 15 is 0 Å². The first-order valence-electron chi connectivity index (χ1n) is 8.01. The Labute approximate surface area is 141 Å². The summed E-state index contributed by atoms with van der Waals surface area (Å²) in [5.74, 6) is 0.388. The van der Waals surface area contributed by atoms with Gasteiger partial charge in [0.25, 0.3) is 0 Å². The fourth-order valence-corrected chi connectivity index (χ4v) is 2.58. The highest BCUT2D eigenvalue weighted by Crippen LogP contribution is 2.21. The van der Waals surface area contributed by atoms with Gasteiger partial charge in [-0.2, -0.15) is 0 Å². The van der Waals surface area contributed by atoms with Crippen LogP contribution in [0.4, 0.5) is 4.39 Å². The quantitative estimate of drug-likeness (QED) is 0.846. The number of carbonyl (C=O) groups excluding carboxylic acids is 1. The summed E-state index contributed by atoms with van der Waals surface area (Å²) >= 11 is 0. The van der Waals surface area contributed by atoms with Gasteiger partial charge >= 0.3 is 0 Å². The van der Waals surface area contributed by atoms with Gasteiger partial charge in [0, 0.05) is 11.6 Å². The zero-order valence-electron chi connectivity index (χ0n) is 14.5. The number of nitrogens with zero attached hydrogens (tertiary/aromatic N) is 2. The van der Waals surface area contributed by atoms with E-state index in [9.17, 15) is 9.18 Å². The van der Waals surface area contributed by atoms with Gasteiger partial charge in [0.1, 0.15) is 11.9 Å². The highest BCUT2D eigenvalue weighted by molar-refractivity contribution is 5.83. The second kappa shape index (κ2) is 8.06. The number of nitrogens with one attached hydrogen (secondary N) is 1. The largest absolute Gasteiger partial charge is 0.359 e. The molecular weight excluding hydrogens is 309 g/mol. The fraction of sp³-hybridized carbons (Fsp3) is 0.444. The molecule has 0 spiro atoms. The first-order chi connectivity index (χ1) is 11.4. The van der Waals surface area contributed by atoms with Crippen molar-refractivity contribution in [3.8, 4) is 0 Å². The average molecular weight is 333 g/mol. The zero-order chi connectivity index (χ0) is 17.7. The van der Waals surface area contributed by atoms with Crippen molar-refractivity contribution in [1.82, 2.24) is 15.4 Å². The summed E-state index contributed by atoms with van der Waals surface area (Å²) < 4.78 is 19.2. The van der Waals surface area contributed by atoms with Gasteiger partial charge in [0.2, 0.25) is 5.91 Å². The second-order valence-corrected chi connectivity index (χ2v) is 6.49. The fourth-order valence-electron chi connectivity index (χ4n) is 2.58. The van der Waals surface area contributed by atoms with Gasteiger partial charge < -0.3 is 9.84 Å². The number of hydrogen-bond acceptors (Lipinski definition) is 4. The van der Waals surface area contributed by atoms with E-state index in [0.717, 1.165) is 12.1 Å². The number of rotatable bonds is 7. The number of amides is 1. The summed E-state index contributed by atoms with van der Waals surface area (Å²) in [6, 6.07) is 7.44. The molecule has 0 saturated heterocycles. The summed E-state index contributed by atoms with van der Waals surface area (Å²) in [4.78, 5) is 14.2. The van der Waals surface area contributed by atoms with Crippen molar-refractivity contribution in [3.63, 3.8) is 0 Å². The van der Waals surface area contributed by atoms with E-state index in [1.807, 2.05) is 6.07 Å². The third-order valence-electron chi connectivity index (χ3n) is 3.63. The molecule has 0 bridgehead atoms. The molecule has 0 saturated carbocycles. The molecule has 0 aliphatic carbocycles. The smallest absolute Gasteiger partial charge is 0.242 e. The minimum Gasteiger partial charge on any atom is -0.359 e. The van der Waals surface area contributed by atoms with Gasteiger partial charge in [-0.1, -0.05) is 37.2 Å². The molecule has 130 valence electrons. The average Bonchev–Trinajstić information content (AvgIpc) is 2.94. The Hall–Kier alpha value is -2.21. The van der Waals surface area contributed by atoms with Crippen molar-refractivity contribution in [2.24, 2.45) is 5.92 Å². The van der Waals surface area contributed by atoms with Crippen LogP contribution in [-0.4, -0.2) is 30.1 Å². The van der Waals surface area contributed by atoms with E-state index in [-0.39, 0.29) is 12.5 Å². The monoisotopic (exact) mass is 333 g/mol. The van der Waals surface area contributed by atoms with Crippen molar-refractivity contribution >= 4 is 5.91 Å². The van der Waals surface area contributed by atoms with Gasteiger partial charge in [-0.25, -0.2) is 4.39 Å². The molecule has 1 N–H and O–H groups in total. The van der Waals surface area contributed by atoms with Crippen LogP contribution in [0.25, 0.3) is 0 Å². The lowest BCUT2D eigenvalue weighted by molar-refractivity contribution is -0.126. The highest BCUT2D eigenvalue weighted by atomic mass is 19.1. The van der Waals surface area contributed by atoms with E-state index in [0.29, 0.717) is 17.2 Å². The highest BCUT2D eigenvalue weighted by Gasteiger charge is 2.25. The molecule has 24 heavy (non-hydrogen) atoms. The molecule has 5 nitrogen and oxygen atoms in total. The minimum atomic E-state index is -0.704. The number of carbonyl (C=O) groups is 1. The number of likely N-dealkylation sites (N-methyl/N-ethyl adjacent to an activating group) is 1. The Balaban J connectivity index is 2.04. The lowest BCUT2D eigenvalue weighted by Crippen LogP contribution is -2.37. The zero-order valence-corrected chi connectivity index (χ0v) is 14.5. The SMILES string of the molecule is CC(C)Cc1cc(CNC(=O)[C@@H](c2ccccc2F)N(C)C)on1. The molecule has 1 amide bonds. The summed E-state index contributed by atoms with van der Waals surface area (Å²) in [7, 11) is 3.48. The Morgan fingerprint density at radius 3 is 2.67 bits per heavy atom. The summed E-state index contributed by atoms with van der Waals surface area (Å²) in [6.07, 6.45) is 0.826. The molecule has 0 radical (unpaired) electrons. The lowest BCUT2D eigenvalue weighted by atomic mass is 10.0. The third kappa shape index (κ3) is 4.64. The molecule has 0 fully saturated rings. The van der Waals surface area contributed by atoms with Gasteiger partial charge in [-0.15, -0.1) is 0 Å². The molecule has 0 aliphatic rings. The molecule has 1 heterocycles. The van der Waals surface area contributed by atoms with Crippen molar-refractivity contribution < 1.29 is 13.7 Å². The van der Waals surface area contributed by atoms with Gasteiger partial charge in [-0.05, 0) is 32.5 Å². The van der Waals surface area contributed by atoms with Crippen LogP contribution in [0.2, 0.25) is 0 Å². The summed E-state index contributed by atoms with van der Waals surface area (Å²) in [6.45, 7) is 4.43. The number of aromatic nitrogens is 1. The molecule has 6 heteroatoms. The van der Waals surface area contributed by atoms with Crippen molar-refractivity contribution in [3.05, 3.63) is 53.2 Å². The summed E-state index contributed by atoms with van der Waals surface area (Å²) in [5.41, 5.74) is 1.21. The first kappa shape index (κ1) is 18.1. The Bertz CT molecular complexity index is 682. The molecule has 0 aliphatic heterocycles. The number of halogens is 1. The van der Waals surface area contributed by atoms with Crippen LogP contribution in [-0.2, 0) is 17.8 Å². The van der Waals surface area contributed by atoms with Crippen LogP contribution in [0.5, 0.6) is 0 Å². The van der Waals surface area contributed by atoms with Crippen LogP contribution >= 0.6 is 0 Å². The molecular formula is C18H24FN3O2. The standard InChI is InChI=1S/C18H24FN3O2/c1-12(2)9-13-10-14(24-21-13)11-20-18(23)17(22(3)4)15-7-5-6-8-16(15)19/h5-8,10,12,17H,9,11H2,1-4H3,(H,20,23)/t17-/m1/s1. The maximum absolute atomic E-state index is 14.0. The molecule has 1 atom stereocenters. The molecule has 2 aromatic rings. The van der Waals surface area contributed by atoms with E-state index < -0.39 is 11.9 Å².